The number of nitrogens with zero attached hydrogens (tertiary/aromatic N) is 2. The Hall–Kier alpha value is -1.61. The molecular formula is C13H14ClN3. The fourth-order valence-electron chi connectivity index (χ4n) is 1.45. The quantitative estimate of drug-likeness (QED) is 0.900. The standard InChI is InChI=1S/C13H14ClN3/c1-9(2)17-13-15-7-11(8-16-13)10-3-5-12(14)6-4-10/h3-9H,1-2H3,(H,15,16,17). The van der Waals surface area contributed by atoms with E-state index in [1.54, 1.807) is 12.4 Å². The van der Waals surface area contributed by atoms with E-state index in [0.717, 1.165) is 16.1 Å². The Kier molecular flexibility index (Phi) is 3.59. The molecule has 0 unspecified atom stereocenters. The van der Waals surface area contributed by atoms with E-state index in [4.69, 9.17) is 11.6 Å². The Morgan fingerprint density at radius 1 is 1.00 bits per heavy atom. The van der Waals surface area contributed by atoms with Gasteiger partial charge in [0.25, 0.3) is 0 Å². The summed E-state index contributed by atoms with van der Waals surface area (Å²) in [5, 5.41) is 3.88. The third-order valence-electron chi connectivity index (χ3n) is 2.25. The van der Waals surface area contributed by atoms with Gasteiger partial charge < -0.3 is 5.32 Å². The predicted molar refractivity (Wildman–Crippen MR) is 71.2 cm³/mol. The Bertz CT molecular complexity index is 477. The third-order valence-corrected chi connectivity index (χ3v) is 2.50. The second kappa shape index (κ2) is 5.15. The topological polar surface area (TPSA) is 37.8 Å². The summed E-state index contributed by atoms with van der Waals surface area (Å²) in [6.45, 7) is 4.10. The fourth-order valence-corrected chi connectivity index (χ4v) is 1.58. The van der Waals surface area contributed by atoms with Crippen molar-refractivity contribution in [1.82, 2.24) is 9.97 Å². The molecule has 1 heterocycles. The molecule has 4 heteroatoms. The van der Waals surface area contributed by atoms with Crippen LogP contribution in [0.5, 0.6) is 0 Å². The van der Waals surface area contributed by atoms with E-state index in [0.29, 0.717) is 12.0 Å². The Labute approximate surface area is 106 Å². The van der Waals surface area contributed by atoms with E-state index in [2.05, 4.69) is 29.1 Å². The summed E-state index contributed by atoms with van der Waals surface area (Å²) < 4.78 is 0. The number of aromatic nitrogens is 2. The van der Waals surface area contributed by atoms with Gasteiger partial charge in [0, 0.05) is 29.0 Å². The average molecular weight is 248 g/mol. The van der Waals surface area contributed by atoms with Crippen LogP contribution < -0.4 is 5.32 Å². The zero-order chi connectivity index (χ0) is 12.3. The van der Waals surface area contributed by atoms with Gasteiger partial charge >= 0.3 is 0 Å². The fraction of sp³-hybridized carbons (Fsp3) is 0.231. The highest BCUT2D eigenvalue weighted by Gasteiger charge is 2.01. The molecule has 2 aromatic rings. The highest BCUT2D eigenvalue weighted by Crippen LogP contribution is 2.20. The SMILES string of the molecule is CC(C)Nc1ncc(-c2ccc(Cl)cc2)cn1. The maximum absolute atomic E-state index is 5.84. The van der Waals surface area contributed by atoms with Crippen LogP contribution in [0.4, 0.5) is 5.95 Å². The minimum absolute atomic E-state index is 0.330. The van der Waals surface area contributed by atoms with Crippen molar-refractivity contribution in [2.45, 2.75) is 19.9 Å². The molecule has 0 saturated carbocycles. The monoisotopic (exact) mass is 247 g/mol. The van der Waals surface area contributed by atoms with Gasteiger partial charge in [-0.2, -0.15) is 0 Å². The van der Waals surface area contributed by atoms with Gasteiger partial charge in [0.05, 0.1) is 0 Å². The molecule has 0 aliphatic carbocycles. The van der Waals surface area contributed by atoms with E-state index >= 15 is 0 Å². The van der Waals surface area contributed by atoms with Crippen molar-refractivity contribution < 1.29 is 0 Å². The molecule has 88 valence electrons. The van der Waals surface area contributed by atoms with Gasteiger partial charge in [0.2, 0.25) is 5.95 Å². The first kappa shape index (κ1) is 11.9. The van der Waals surface area contributed by atoms with Crippen LogP contribution >= 0.6 is 11.6 Å². The zero-order valence-corrected chi connectivity index (χ0v) is 10.6. The van der Waals surface area contributed by atoms with E-state index in [1.165, 1.54) is 0 Å². The van der Waals surface area contributed by atoms with E-state index in [1.807, 2.05) is 24.3 Å². The van der Waals surface area contributed by atoms with Crippen molar-refractivity contribution in [2.24, 2.45) is 0 Å². The molecule has 1 aromatic heterocycles. The largest absolute Gasteiger partial charge is 0.352 e. The van der Waals surface area contributed by atoms with Crippen LogP contribution in [-0.2, 0) is 0 Å². The summed E-state index contributed by atoms with van der Waals surface area (Å²) in [6.07, 6.45) is 3.61. The Morgan fingerprint density at radius 3 is 2.12 bits per heavy atom. The number of halogens is 1. The summed E-state index contributed by atoms with van der Waals surface area (Å²) in [4.78, 5) is 8.52. The summed E-state index contributed by atoms with van der Waals surface area (Å²) in [6, 6.07) is 7.96. The number of hydrogen-bond acceptors (Lipinski definition) is 3. The normalized spacial score (nSPS) is 10.6. The molecule has 0 spiro atoms. The first-order chi connectivity index (χ1) is 8.15. The molecule has 0 saturated heterocycles. The van der Waals surface area contributed by atoms with Crippen molar-refractivity contribution in [3.63, 3.8) is 0 Å². The van der Waals surface area contributed by atoms with Crippen molar-refractivity contribution in [3.8, 4) is 11.1 Å². The second-order valence-electron chi connectivity index (χ2n) is 4.10. The zero-order valence-electron chi connectivity index (χ0n) is 9.81. The van der Waals surface area contributed by atoms with Gasteiger partial charge in [0.1, 0.15) is 0 Å². The third kappa shape index (κ3) is 3.17. The second-order valence-corrected chi connectivity index (χ2v) is 4.54. The van der Waals surface area contributed by atoms with Crippen molar-refractivity contribution in [3.05, 3.63) is 41.7 Å². The Morgan fingerprint density at radius 2 is 1.59 bits per heavy atom. The first-order valence-electron chi connectivity index (χ1n) is 5.49. The number of nitrogens with one attached hydrogen (secondary N) is 1. The number of benzene rings is 1. The minimum atomic E-state index is 0.330. The summed E-state index contributed by atoms with van der Waals surface area (Å²) in [5.41, 5.74) is 2.04. The van der Waals surface area contributed by atoms with E-state index < -0.39 is 0 Å². The maximum Gasteiger partial charge on any atom is 0.222 e. The molecule has 3 nitrogen and oxygen atoms in total. The van der Waals surface area contributed by atoms with Crippen LogP contribution in [0, 0.1) is 0 Å². The van der Waals surface area contributed by atoms with Gasteiger partial charge in [-0.15, -0.1) is 0 Å². The number of hydrogen-bond donors (Lipinski definition) is 1. The van der Waals surface area contributed by atoms with Gasteiger partial charge in [-0.25, -0.2) is 9.97 Å². The van der Waals surface area contributed by atoms with E-state index in [9.17, 15) is 0 Å². The average Bonchev–Trinajstić information content (AvgIpc) is 2.30. The molecule has 0 radical (unpaired) electrons. The van der Waals surface area contributed by atoms with Crippen LogP contribution in [0.2, 0.25) is 5.02 Å². The van der Waals surface area contributed by atoms with Crippen molar-refractivity contribution >= 4 is 17.5 Å². The molecule has 1 aromatic carbocycles. The highest BCUT2D eigenvalue weighted by molar-refractivity contribution is 6.30. The van der Waals surface area contributed by atoms with Gasteiger partial charge in [-0.3, -0.25) is 0 Å². The van der Waals surface area contributed by atoms with Crippen LogP contribution in [0.1, 0.15) is 13.8 Å². The van der Waals surface area contributed by atoms with Crippen LogP contribution in [-0.4, -0.2) is 16.0 Å². The molecular weight excluding hydrogens is 234 g/mol. The highest BCUT2D eigenvalue weighted by atomic mass is 35.5. The van der Waals surface area contributed by atoms with Crippen molar-refractivity contribution in [1.29, 1.82) is 0 Å². The lowest BCUT2D eigenvalue weighted by Crippen LogP contribution is -2.12. The van der Waals surface area contributed by atoms with Gasteiger partial charge in [-0.05, 0) is 31.5 Å². The summed E-state index contributed by atoms with van der Waals surface area (Å²) in [7, 11) is 0. The molecule has 0 aliphatic rings. The van der Waals surface area contributed by atoms with Crippen LogP contribution in [0.25, 0.3) is 11.1 Å². The van der Waals surface area contributed by atoms with Crippen LogP contribution in [0.3, 0.4) is 0 Å². The lowest BCUT2D eigenvalue weighted by molar-refractivity contribution is 0.874. The molecule has 0 bridgehead atoms. The molecule has 1 N–H and O–H groups in total. The van der Waals surface area contributed by atoms with Crippen molar-refractivity contribution in [2.75, 3.05) is 5.32 Å². The number of anilines is 1. The summed E-state index contributed by atoms with van der Waals surface area (Å²) in [5.74, 6) is 0.651. The molecule has 0 aliphatic heterocycles. The molecule has 2 rings (SSSR count). The molecule has 0 fully saturated rings. The molecule has 0 amide bonds. The maximum atomic E-state index is 5.84. The predicted octanol–water partition coefficient (Wildman–Crippen LogP) is 3.62. The number of rotatable bonds is 3. The lowest BCUT2D eigenvalue weighted by Gasteiger charge is -2.08. The lowest BCUT2D eigenvalue weighted by atomic mass is 10.1. The summed E-state index contributed by atoms with van der Waals surface area (Å²) >= 11 is 5.84. The van der Waals surface area contributed by atoms with Crippen LogP contribution in [0.15, 0.2) is 36.7 Å². The van der Waals surface area contributed by atoms with Gasteiger partial charge in [0.15, 0.2) is 0 Å². The smallest absolute Gasteiger partial charge is 0.222 e. The minimum Gasteiger partial charge on any atom is -0.352 e. The Balaban J connectivity index is 2.20. The molecule has 17 heavy (non-hydrogen) atoms. The molecule has 0 atom stereocenters. The van der Waals surface area contributed by atoms with Gasteiger partial charge in [-0.1, -0.05) is 23.7 Å². The first-order valence-corrected chi connectivity index (χ1v) is 5.87. The van der Waals surface area contributed by atoms with E-state index in [-0.39, 0.29) is 0 Å².